The van der Waals surface area contributed by atoms with Gasteiger partial charge in [0.2, 0.25) is 0 Å². The van der Waals surface area contributed by atoms with Crippen molar-refractivity contribution < 1.29 is 13.9 Å². The van der Waals surface area contributed by atoms with Gasteiger partial charge in [-0.05, 0) is 29.8 Å². The topological polar surface area (TPSA) is 68.9 Å². The molecular formula is C17H21FIN3O2. The smallest absolute Gasteiger partial charge is 0.193 e. The molecule has 0 aliphatic rings. The van der Waals surface area contributed by atoms with Gasteiger partial charge in [0.05, 0.1) is 13.7 Å². The van der Waals surface area contributed by atoms with Crippen LogP contribution in [0.5, 0.6) is 5.75 Å². The van der Waals surface area contributed by atoms with Gasteiger partial charge in [0.15, 0.2) is 5.96 Å². The summed E-state index contributed by atoms with van der Waals surface area (Å²) in [5.74, 6) is 0.706. The molecule has 0 saturated carbocycles. The van der Waals surface area contributed by atoms with Crippen LogP contribution in [-0.4, -0.2) is 26.7 Å². The van der Waals surface area contributed by atoms with Crippen LogP contribution in [0.2, 0.25) is 0 Å². The van der Waals surface area contributed by atoms with Crippen LogP contribution in [0.3, 0.4) is 0 Å². The number of ether oxygens (including phenoxy) is 2. The van der Waals surface area contributed by atoms with Crippen molar-refractivity contribution >= 4 is 35.6 Å². The van der Waals surface area contributed by atoms with Crippen LogP contribution in [0.4, 0.5) is 10.1 Å². The Hall–Kier alpha value is -1.87. The zero-order chi connectivity index (χ0) is 16.7. The maximum atomic E-state index is 13.0. The molecule has 3 N–H and O–H groups in total. The predicted molar refractivity (Wildman–Crippen MR) is 105 cm³/mol. The molecule has 24 heavy (non-hydrogen) atoms. The summed E-state index contributed by atoms with van der Waals surface area (Å²) in [5.41, 5.74) is 7.50. The van der Waals surface area contributed by atoms with Gasteiger partial charge in [-0.3, -0.25) is 4.99 Å². The Balaban J connectivity index is 0.00000288. The molecule has 0 saturated heterocycles. The van der Waals surface area contributed by atoms with E-state index < -0.39 is 0 Å². The number of guanidine groups is 1. The molecule has 0 fully saturated rings. The van der Waals surface area contributed by atoms with Crippen LogP contribution in [-0.2, 0) is 4.74 Å². The Kier molecular flexibility index (Phi) is 8.48. The summed E-state index contributed by atoms with van der Waals surface area (Å²) in [6.07, 6.45) is -0.291. The van der Waals surface area contributed by atoms with Crippen molar-refractivity contribution in [2.45, 2.75) is 6.10 Å². The summed E-state index contributed by atoms with van der Waals surface area (Å²) in [4.78, 5) is 4.27. The third-order valence-corrected chi connectivity index (χ3v) is 3.30. The molecule has 0 amide bonds. The number of nitrogens with two attached hydrogens (primary N) is 1. The van der Waals surface area contributed by atoms with E-state index in [0.29, 0.717) is 6.54 Å². The van der Waals surface area contributed by atoms with Crippen LogP contribution >= 0.6 is 24.0 Å². The number of nitrogens with zero attached hydrogens (tertiary/aromatic N) is 1. The van der Waals surface area contributed by atoms with Crippen molar-refractivity contribution in [1.29, 1.82) is 0 Å². The second-order valence-electron chi connectivity index (χ2n) is 4.86. The van der Waals surface area contributed by atoms with E-state index in [9.17, 15) is 4.39 Å². The third kappa shape index (κ3) is 5.97. The van der Waals surface area contributed by atoms with E-state index in [1.54, 1.807) is 26.4 Å². The molecule has 0 bridgehead atoms. The number of hydrogen-bond acceptors (Lipinski definition) is 3. The first-order valence-electron chi connectivity index (χ1n) is 7.11. The van der Waals surface area contributed by atoms with Gasteiger partial charge < -0.3 is 20.5 Å². The first-order valence-corrected chi connectivity index (χ1v) is 7.11. The molecule has 0 radical (unpaired) electrons. The van der Waals surface area contributed by atoms with Gasteiger partial charge in [-0.1, -0.05) is 18.2 Å². The lowest BCUT2D eigenvalue weighted by atomic mass is 10.1. The monoisotopic (exact) mass is 445 g/mol. The molecule has 2 aromatic rings. The van der Waals surface area contributed by atoms with Crippen LogP contribution < -0.4 is 15.8 Å². The normalized spacial score (nSPS) is 12.2. The maximum Gasteiger partial charge on any atom is 0.193 e. The van der Waals surface area contributed by atoms with Gasteiger partial charge in [0.25, 0.3) is 0 Å². The predicted octanol–water partition coefficient (Wildman–Crippen LogP) is 3.57. The van der Waals surface area contributed by atoms with Crippen molar-refractivity contribution in [2.75, 3.05) is 26.1 Å². The van der Waals surface area contributed by atoms with Crippen molar-refractivity contribution in [3.63, 3.8) is 0 Å². The molecule has 5 nitrogen and oxygen atoms in total. The van der Waals surface area contributed by atoms with Gasteiger partial charge in [-0.25, -0.2) is 4.39 Å². The summed E-state index contributed by atoms with van der Waals surface area (Å²) in [5, 5.41) is 2.99. The second-order valence-corrected chi connectivity index (χ2v) is 4.86. The Bertz CT molecular complexity index is 665. The molecule has 0 aliphatic carbocycles. The molecule has 0 aliphatic heterocycles. The molecule has 0 spiro atoms. The number of benzene rings is 2. The highest BCUT2D eigenvalue weighted by atomic mass is 127. The zero-order valence-electron chi connectivity index (χ0n) is 13.5. The fraction of sp³-hybridized carbons (Fsp3) is 0.235. The first-order chi connectivity index (χ1) is 11.1. The third-order valence-electron chi connectivity index (χ3n) is 3.30. The minimum atomic E-state index is -0.291. The highest BCUT2D eigenvalue weighted by molar-refractivity contribution is 14.0. The fourth-order valence-electron chi connectivity index (χ4n) is 2.06. The van der Waals surface area contributed by atoms with E-state index >= 15 is 0 Å². The number of anilines is 1. The lowest BCUT2D eigenvalue weighted by molar-refractivity contribution is 0.111. The van der Waals surface area contributed by atoms with Crippen molar-refractivity contribution in [1.82, 2.24) is 0 Å². The maximum absolute atomic E-state index is 13.0. The standard InChI is InChI=1S/C17H20FN3O2.HI/c1-22-15-5-3-4-14(10-15)21-17(19)20-11-16(23-2)12-6-8-13(18)9-7-12;/h3-10,16H,11H2,1-2H3,(H3,19,20,21);1H. The van der Waals surface area contributed by atoms with Crippen LogP contribution in [0, 0.1) is 5.82 Å². The second kappa shape index (κ2) is 10.1. The molecule has 1 unspecified atom stereocenters. The fourth-order valence-corrected chi connectivity index (χ4v) is 2.06. The molecule has 2 aromatic carbocycles. The molecule has 0 aromatic heterocycles. The highest BCUT2D eigenvalue weighted by Gasteiger charge is 2.10. The highest BCUT2D eigenvalue weighted by Crippen LogP contribution is 2.18. The molecule has 130 valence electrons. The number of methoxy groups -OCH3 is 2. The van der Waals surface area contributed by atoms with Crippen LogP contribution in [0.15, 0.2) is 53.5 Å². The average Bonchev–Trinajstić information content (AvgIpc) is 2.57. The number of aliphatic imine (C=N–C) groups is 1. The van der Waals surface area contributed by atoms with Gasteiger partial charge in [-0.15, -0.1) is 24.0 Å². The lowest BCUT2D eigenvalue weighted by Gasteiger charge is -2.14. The number of rotatable bonds is 6. The van der Waals surface area contributed by atoms with Gasteiger partial charge in [0.1, 0.15) is 17.7 Å². The molecular weight excluding hydrogens is 424 g/mol. The summed E-state index contributed by atoms with van der Waals surface area (Å²) in [6.45, 7) is 0.324. The number of hydrogen-bond donors (Lipinski definition) is 2. The van der Waals surface area contributed by atoms with Crippen LogP contribution in [0.1, 0.15) is 11.7 Å². The van der Waals surface area contributed by atoms with E-state index in [0.717, 1.165) is 17.0 Å². The largest absolute Gasteiger partial charge is 0.497 e. The zero-order valence-corrected chi connectivity index (χ0v) is 15.9. The van der Waals surface area contributed by atoms with E-state index in [1.807, 2.05) is 24.3 Å². The van der Waals surface area contributed by atoms with Crippen LogP contribution in [0.25, 0.3) is 0 Å². The Morgan fingerprint density at radius 2 is 1.92 bits per heavy atom. The molecule has 7 heteroatoms. The number of nitrogens with one attached hydrogen (secondary N) is 1. The van der Waals surface area contributed by atoms with E-state index in [2.05, 4.69) is 10.3 Å². The minimum absolute atomic E-state index is 0. The first kappa shape index (κ1) is 20.2. The molecule has 2 rings (SSSR count). The summed E-state index contributed by atoms with van der Waals surface area (Å²) in [7, 11) is 3.18. The van der Waals surface area contributed by atoms with E-state index in [4.69, 9.17) is 15.2 Å². The summed E-state index contributed by atoms with van der Waals surface area (Å²) >= 11 is 0. The average molecular weight is 445 g/mol. The minimum Gasteiger partial charge on any atom is -0.497 e. The van der Waals surface area contributed by atoms with E-state index in [-0.39, 0.29) is 41.9 Å². The van der Waals surface area contributed by atoms with Gasteiger partial charge in [-0.2, -0.15) is 0 Å². The quantitative estimate of drug-likeness (QED) is 0.406. The molecule has 0 heterocycles. The Morgan fingerprint density at radius 3 is 2.54 bits per heavy atom. The van der Waals surface area contributed by atoms with Crippen molar-refractivity contribution in [3.05, 3.63) is 59.9 Å². The van der Waals surface area contributed by atoms with Crippen molar-refractivity contribution in [3.8, 4) is 5.75 Å². The van der Waals surface area contributed by atoms with Crippen molar-refractivity contribution in [2.24, 2.45) is 10.7 Å². The Labute approximate surface area is 158 Å². The Morgan fingerprint density at radius 1 is 1.21 bits per heavy atom. The summed E-state index contributed by atoms with van der Waals surface area (Å²) in [6, 6.07) is 13.5. The molecule has 1 atom stereocenters. The number of halogens is 2. The lowest BCUT2D eigenvalue weighted by Crippen LogP contribution is -2.23. The van der Waals surface area contributed by atoms with Gasteiger partial charge in [0, 0.05) is 18.9 Å². The van der Waals surface area contributed by atoms with E-state index in [1.165, 1.54) is 12.1 Å². The summed E-state index contributed by atoms with van der Waals surface area (Å²) < 4.78 is 23.5. The van der Waals surface area contributed by atoms with Gasteiger partial charge >= 0.3 is 0 Å². The SMILES string of the molecule is COc1cccc(NC(N)=NCC(OC)c2ccc(F)cc2)c1.I.